The van der Waals surface area contributed by atoms with Crippen LogP contribution in [-0.4, -0.2) is 35.4 Å². The van der Waals surface area contributed by atoms with Gasteiger partial charge < -0.3 is 19.2 Å². The number of carbonyl (C=O) groups is 2. The van der Waals surface area contributed by atoms with E-state index in [1.54, 1.807) is 31.4 Å². The number of ether oxygens (including phenoxy) is 1. The predicted molar refractivity (Wildman–Crippen MR) is 105 cm³/mol. The Kier molecular flexibility index (Phi) is 5.58. The Morgan fingerprint density at radius 3 is 2.61 bits per heavy atom. The smallest absolute Gasteiger partial charge is 0.295 e. The van der Waals surface area contributed by atoms with Crippen LogP contribution in [0.1, 0.15) is 48.3 Å². The number of Topliss-reactive ketones (excluding diaryl/α,β-unsaturated/α-hetero) is 1. The highest BCUT2D eigenvalue weighted by Crippen LogP contribution is 2.40. The molecule has 0 bridgehead atoms. The first kappa shape index (κ1) is 19.7. The molecule has 1 amide bonds. The average Bonchev–Trinajstić information content (AvgIpc) is 3.29. The van der Waals surface area contributed by atoms with Gasteiger partial charge in [0.15, 0.2) is 0 Å². The molecular formula is C22H25NO5. The molecule has 3 rings (SSSR count). The van der Waals surface area contributed by atoms with E-state index in [0.29, 0.717) is 23.6 Å². The van der Waals surface area contributed by atoms with Crippen molar-refractivity contribution in [3.63, 3.8) is 0 Å². The molecule has 0 saturated carbocycles. The topological polar surface area (TPSA) is 80.0 Å². The van der Waals surface area contributed by atoms with Gasteiger partial charge in [-0.05, 0) is 55.7 Å². The first-order chi connectivity index (χ1) is 13.4. The molecule has 2 aromatic rings. The van der Waals surface area contributed by atoms with Crippen molar-refractivity contribution >= 4 is 17.4 Å². The minimum atomic E-state index is -0.733. The van der Waals surface area contributed by atoms with E-state index in [2.05, 4.69) is 0 Å². The molecule has 1 saturated heterocycles. The number of aliphatic hydroxyl groups is 1. The standard InChI is InChI=1S/C22H25NO5/c1-5-6-9-23-19(16-8-7-10-28-16)18(21(25)22(23)26)20(24)15-11-14(3)17(27-4)12-13(15)2/h7-8,10-12,19,24H,5-6,9H2,1-4H3/b20-18-. The zero-order chi connectivity index (χ0) is 20.4. The van der Waals surface area contributed by atoms with E-state index in [9.17, 15) is 14.7 Å². The average molecular weight is 383 g/mol. The van der Waals surface area contributed by atoms with E-state index < -0.39 is 17.7 Å². The van der Waals surface area contributed by atoms with Gasteiger partial charge in [-0.25, -0.2) is 0 Å². The van der Waals surface area contributed by atoms with Crippen molar-refractivity contribution in [1.82, 2.24) is 4.90 Å². The number of ketones is 1. The van der Waals surface area contributed by atoms with Crippen LogP contribution < -0.4 is 4.74 Å². The number of amides is 1. The number of methoxy groups -OCH3 is 1. The fourth-order valence-corrected chi connectivity index (χ4v) is 3.59. The maximum Gasteiger partial charge on any atom is 0.295 e. The SMILES string of the molecule is CCCCN1C(=O)C(=O)/C(=C(\O)c2cc(C)c(OC)cc2C)C1c1ccco1. The van der Waals surface area contributed by atoms with Crippen LogP contribution in [0.2, 0.25) is 0 Å². The lowest BCUT2D eigenvalue weighted by molar-refractivity contribution is -0.140. The van der Waals surface area contributed by atoms with E-state index in [-0.39, 0.29) is 11.3 Å². The molecular weight excluding hydrogens is 358 g/mol. The number of unbranched alkanes of at least 4 members (excludes halogenated alkanes) is 1. The summed E-state index contributed by atoms with van der Waals surface area (Å²) < 4.78 is 10.8. The lowest BCUT2D eigenvalue weighted by Gasteiger charge is -2.23. The Morgan fingerprint density at radius 2 is 2.00 bits per heavy atom. The zero-order valence-electron chi connectivity index (χ0n) is 16.6. The third-order valence-corrected chi connectivity index (χ3v) is 5.10. The Hall–Kier alpha value is -3.02. The van der Waals surface area contributed by atoms with Crippen molar-refractivity contribution in [2.45, 2.75) is 39.7 Å². The normalized spacial score (nSPS) is 18.7. The van der Waals surface area contributed by atoms with Gasteiger partial charge in [-0.3, -0.25) is 9.59 Å². The minimum Gasteiger partial charge on any atom is -0.507 e. The molecule has 6 heteroatoms. The third kappa shape index (κ3) is 3.30. The van der Waals surface area contributed by atoms with Crippen LogP contribution in [0.25, 0.3) is 5.76 Å². The van der Waals surface area contributed by atoms with Gasteiger partial charge in [0.25, 0.3) is 11.7 Å². The molecule has 6 nitrogen and oxygen atoms in total. The lowest BCUT2D eigenvalue weighted by Crippen LogP contribution is -2.30. The number of benzene rings is 1. The molecule has 1 N–H and O–H groups in total. The monoisotopic (exact) mass is 383 g/mol. The van der Waals surface area contributed by atoms with E-state index in [1.165, 1.54) is 11.2 Å². The van der Waals surface area contributed by atoms with Crippen molar-refractivity contribution in [3.8, 4) is 5.75 Å². The molecule has 1 unspecified atom stereocenters. The number of furan rings is 1. The Bertz CT molecular complexity index is 927. The van der Waals surface area contributed by atoms with Crippen LogP contribution >= 0.6 is 0 Å². The van der Waals surface area contributed by atoms with Gasteiger partial charge in [0.05, 0.1) is 18.9 Å². The van der Waals surface area contributed by atoms with E-state index >= 15 is 0 Å². The summed E-state index contributed by atoms with van der Waals surface area (Å²) in [4.78, 5) is 27.0. The number of aryl methyl sites for hydroxylation is 2. The Labute approximate surface area is 164 Å². The highest BCUT2D eigenvalue weighted by molar-refractivity contribution is 6.46. The maximum absolute atomic E-state index is 12.8. The second-order valence-electron chi connectivity index (χ2n) is 7.00. The molecule has 0 spiro atoms. The van der Waals surface area contributed by atoms with Crippen LogP contribution in [0.3, 0.4) is 0 Å². The zero-order valence-corrected chi connectivity index (χ0v) is 16.6. The Balaban J connectivity index is 2.18. The van der Waals surface area contributed by atoms with Crippen LogP contribution in [-0.2, 0) is 9.59 Å². The highest BCUT2D eigenvalue weighted by atomic mass is 16.5. The summed E-state index contributed by atoms with van der Waals surface area (Å²) in [7, 11) is 1.58. The summed E-state index contributed by atoms with van der Waals surface area (Å²) in [5.41, 5.74) is 2.13. The molecule has 148 valence electrons. The molecule has 0 aliphatic carbocycles. The second-order valence-corrected chi connectivity index (χ2v) is 7.00. The highest BCUT2D eigenvalue weighted by Gasteiger charge is 2.47. The fraction of sp³-hybridized carbons (Fsp3) is 0.364. The number of carbonyl (C=O) groups excluding carboxylic acids is 2. The number of hydrogen-bond acceptors (Lipinski definition) is 5. The Morgan fingerprint density at radius 1 is 1.25 bits per heavy atom. The molecule has 1 aromatic carbocycles. The predicted octanol–water partition coefficient (Wildman–Crippen LogP) is 4.13. The molecule has 2 heterocycles. The molecule has 1 aromatic heterocycles. The lowest BCUT2D eigenvalue weighted by atomic mass is 9.95. The summed E-state index contributed by atoms with van der Waals surface area (Å²) in [6, 6.07) is 6.26. The fourth-order valence-electron chi connectivity index (χ4n) is 3.59. The minimum absolute atomic E-state index is 0.0590. The molecule has 1 atom stereocenters. The van der Waals surface area contributed by atoms with Gasteiger partial charge in [0.1, 0.15) is 23.3 Å². The van der Waals surface area contributed by atoms with Gasteiger partial charge in [0, 0.05) is 12.1 Å². The van der Waals surface area contributed by atoms with Crippen LogP contribution in [0, 0.1) is 13.8 Å². The van der Waals surface area contributed by atoms with E-state index in [1.807, 2.05) is 20.8 Å². The van der Waals surface area contributed by atoms with Gasteiger partial charge in [-0.2, -0.15) is 0 Å². The quantitative estimate of drug-likeness (QED) is 0.461. The van der Waals surface area contributed by atoms with Crippen LogP contribution in [0.15, 0.2) is 40.5 Å². The van der Waals surface area contributed by atoms with Crippen molar-refractivity contribution in [2.75, 3.05) is 13.7 Å². The van der Waals surface area contributed by atoms with Crippen LogP contribution in [0.5, 0.6) is 5.75 Å². The maximum atomic E-state index is 12.8. The van der Waals surface area contributed by atoms with Gasteiger partial charge in [-0.1, -0.05) is 13.3 Å². The van der Waals surface area contributed by atoms with Crippen molar-refractivity contribution < 1.29 is 23.8 Å². The second kappa shape index (κ2) is 7.92. The number of nitrogens with zero attached hydrogens (tertiary/aromatic N) is 1. The van der Waals surface area contributed by atoms with Crippen molar-refractivity contribution in [1.29, 1.82) is 0 Å². The molecule has 1 aliphatic heterocycles. The summed E-state index contributed by atoms with van der Waals surface area (Å²) in [5.74, 6) is -0.344. The van der Waals surface area contributed by atoms with Crippen molar-refractivity contribution in [2.24, 2.45) is 0 Å². The summed E-state index contributed by atoms with van der Waals surface area (Å²) >= 11 is 0. The number of rotatable bonds is 6. The van der Waals surface area contributed by atoms with E-state index in [4.69, 9.17) is 9.15 Å². The number of hydrogen-bond donors (Lipinski definition) is 1. The first-order valence-electron chi connectivity index (χ1n) is 9.38. The third-order valence-electron chi connectivity index (χ3n) is 5.10. The van der Waals surface area contributed by atoms with Gasteiger partial charge in [0.2, 0.25) is 0 Å². The summed E-state index contributed by atoms with van der Waals surface area (Å²) in [6.07, 6.45) is 3.13. The largest absolute Gasteiger partial charge is 0.507 e. The number of aliphatic hydroxyl groups excluding tert-OH is 1. The molecule has 1 aliphatic rings. The summed E-state index contributed by atoms with van der Waals surface area (Å²) in [6.45, 7) is 6.12. The van der Waals surface area contributed by atoms with Crippen LogP contribution in [0.4, 0.5) is 0 Å². The molecule has 28 heavy (non-hydrogen) atoms. The molecule has 1 fully saturated rings. The van der Waals surface area contributed by atoms with Gasteiger partial charge in [-0.15, -0.1) is 0 Å². The van der Waals surface area contributed by atoms with E-state index in [0.717, 1.165) is 24.0 Å². The van der Waals surface area contributed by atoms with Crippen molar-refractivity contribution in [3.05, 3.63) is 58.6 Å². The number of likely N-dealkylation sites (tertiary alicyclic amines) is 1. The molecule has 0 radical (unpaired) electrons. The first-order valence-corrected chi connectivity index (χ1v) is 9.38. The summed E-state index contributed by atoms with van der Waals surface area (Å²) in [5, 5.41) is 11.1. The van der Waals surface area contributed by atoms with Gasteiger partial charge >= 0.3 is 0 Å².